The van der Waals surface area contributed by atoms with Crippen molar-refractivity contribution >= 4 is 29.9 Å². The molecule has 148 valence electrons. The summed E-state index contributed by atoms with van der Waals surface area (Å²) in [6.45, 7) is 8.90. The molecule has 0 aromatic heterocycles. The molecule has 0 spiro atoms. The van der Waals surface area contributed by atoms with Gasteiger partial charge in [0.15, 0.2) is 5.96 Å². The number of nitrogens with one attached hydrogen (secondary N) is 2. The Bertz CT molecular complexity index is 566. The summed E-state index contributed by atoms with van der Waals surface area (Å²) in [6.07, 6.45) is 3.80. The van der Waals surface area contributed by atoms with Gasteiger partial charge in [0, 0.05) is 31.8 Å². The van der Waals surface area contributed by atoms with Gasteiger partial charge in [-0.1, -0.05) is 25.5 Å². The van der Waals surface area contributed by atoms with E-state index in [2.05, 4.69) is 47.7 Å². The SMILES string of the molecule is CCCC1CC1NC(=NC)NCc1ccc(C)cc1OCCOCC.I. The molecule has 0 saturated heterocycles. The monoisotopic (exact) mass is 475 g/mol. The zero-order chi connectivity index (χ0) is 18.1. The third-order valence-corrected chi connectivity index (χ3v) is 4.49. The van der Waals surface area contributed by atoms with Gasteiger partial charge < -0.3 is 20.1 Å². The topological polar surface area (TPSA) is 54.9 Å². The highest BCUT2D eigenvalue weighted by atomic mass is 127. The summed E-state index contributed by atoms with van der Waals surface area (Å²) < 4.78 is 11.3. The maximum atomic E-state index is 5.90. The van der Waals surface area contributed by atoms with Crippen molar-refractivity contribution in [2.75, 3.05) is 26.9 Å². The first-order valence-corrected chi connectivity index (χ1v) is 9.45. The van der Waals surface area contributed by atoms with Crippen LogP contribution < -0.4 is 15.4 Å². The maximum Gasteiger partial charge on any atom is 0.191 e. The van der Waals surface area contributed by atoms with Crippen molar-refractivity contribution in [2.45, 2.75) is 52.6 Å². The van der Waals surface area contributed by atoms with Crippen LogP contribution in [-0.4, -0.2) is 38.9 Å². The largest absolute Gasteiger partial charge is 0.491 e. The molecule has 2 rings (SSSR count). The average Bonchev–Trinajstić information content (AvgIpc) is 3.34. The molecule has 0 heterocycles. The lowest BCUT2D eigenvalue weighted by molar-refractivity contribution is 0.110. The van der Waals surface area contributed by atoms with Gasteiger partial charge in [-0.3, -0.25) is 4.99 Å². The first-order chi connectivity index (χ1) is 12.2. The summed E-state index contributed by atoms with van der Waals surface area (Å²) in [5, 5.41) is 6.92. The summed E-state index contributed by atoms with van der Waals surface area (Å²) >= 11 is 0. The van der Waals surface area contributed by atoms with Crippen molar-refractivity contribution in [1.29, 1.82) is 0 Å². The van der Waals surface area contributed by atoms with Crippen LogP contribution in [0.25, 0.3) is 0 Å². The first-order valence-electron chi connectivity index (χ1n) is 9.45. The molecular weight excluding hydrogens is 441 g/mol. The van der Waals surface area contributed by atoms with Crippen molar-refractivity contribution < 1.29 is 9.47 Å². The zero-order valence-corrected chi connectivity index (χ0v) is 18.8. The first kappa shape index (κ1) is 23.0. The number of aliphatic imine (C=N–C) groups is 1. The molecule has 6 heteroatoms. The highest BCUT2D eigenvalue weighted by molar-refractivity contribution is 14.0. The molecule has 1 aliphatic carbocycles. The van der Waals surface area contributed by atoms with Crippen molar-refractivity contribution in [3.05, 3.63) is 29.3 Å². The number of guanidine groups is 1. The van der Waals surface area contributed by atoms with Crippen LogP contribution in [0.4, 0.5) is 0 Å². The van der Waals surface area contributed by atoms with Gasteiger partial charge in [-0.05, 0) is 44.2 Å². The summed E-state index contributed by atoms with van der Waals surface area (Å²) in [6, 6.07) is 6.88. The predicted molar refractivity (Wildman–Crippen MR) is 119 cm³/mol. The Labute approximate surface area is 175 Å². The van der Waals surface area contributed by atoms with E-state index >= 15 is 0 Å². The molecule has 5 nitrogen and oxygen atoms in total. The fourth-order valence-corrected chi connectivity index (χ4v) is 2.96. The third kappa shape index (κ3) is 7.70. The van der Waals surface area contributed by atoms with E-state index in [0.29, 0.717) is 32.4 Å². The maximum absolute atomic E-state index is 5.90. The van der Waals surface area contributed by atoms with Gasteiger partial charge in [0.05, 0.1) is 6.61 Å². The quantitative estimate of drug-likeness (QED) is 0.234. The van der Waals surface area contributed by atoms with E-state index in [0.717, 1.165) is 23.2 Å². The van der Waals surface area contributed by atoms with Crippen LogP contribution in [-0.2, 0) is 11.3 Å². The van der Waals surface area contributed by atoms with Gasteiger partial charge in [0.1, 0.15) is 12.4 Å². The van der Waals surface area contributed by atoms with Gasteiger partial charge in [-0.25, -0.2) is 0 Å². The summed E-state index contributed by atoms with van der Waals surface area (Å²) in [4.78, 5) is 4.35. The standard InChI is InChI=1S/C20H33N3O2.HI/c1-5-7-16-13-18(16)23-20(21-4)22-14-17-9-8-15(3)12-19(17)25-11-10-24-6-2;/h8-9,12,16,18H,5-7,10-11,13-14H2,1-4H3,(H2,21,22,23);1H. The molecule has 1 aliphatic rings. The summed E-state index contributed by atoms with van der Waals surface area (Å²) in [5.74, 6) is 2.59. The Balaban J connectivity index is 0.00000338. The smallest absolute Gasteiger partial charge is 0.191 e. The number of hydrogen-bond acceptors (Lipinski definition) is 3. The molecule has 26 heavy (non-hydrogen) atoms. The molecule has 1 fully saturated rings. The fraction of sp³-hybridized carbons (Fsp3) is 0.650. The Morgan fingerprint density at radius 1 is 1.27 bits per heavy atom. The fourth-order valence-electron chi connectivity index (χ4n) is 2.96. The van der Waals surface area contributed by atoms with E-state index in [1.54, 1.807) is 0 Å². The molecule has 2 N–H and O–H groups in total. The normalized spacial score (nSPS) is 18.8. The molecule has 0 bridgehead atoms. The van der Waals surface area contributed by atoms with E-state index in [-0.39, 0.29) is 24.0 Å². The van der Waals surface area contributed by atoms with Crippen LogP contribution in [0.3, 0.4) is 0 Å². The Morgan fingerprint density at radius 3 is 2.77 bits per heavy atom. The number of nitrogens with zero attached hydrogens (tertiary/aromatic N) is 1. The van der Waals surface area contributed by atoms with Crippen molar-refractivity contribution in [2.24, 2.45) is 10.9 Å². The molecule has 2 atom stereocenters. The van der Waals surface area contributed by atoms with Crippen LogP contribution in [0.15, 0.2) is 23.2 Å². The Hall–Kier alpha value is -1.02. The van der Waals surface area contributed by atoms with E-state index in [9.17, 15) is 0 Å². The molecule has 2 unspecified atom stereocenters. The number of ether oxygens (including phenoxy) is 2. The van der Waals surface area contributed by atoms with Crippen LogP contribution in [0, 0.1) is 12.8 Å². The van der Waals surface area contributed by atoms with Crippen LogP contribution in [0.1, 0.15) is 44.2 Å². The highest BCUT2D eigenvalue weighted by Gasteiger charge is 2.36. The molecular formula is C20H34IN3O2. The molecule has 1 saturated carbocycles. The lowest BCUT2D eigenvalue weighted by atomic mass is 10.1. The third-order valence-electron chi connectivity index (χ3n) is 4.49. The number of aryl methyl sites for hydroxylation is 1. The van der Waals surface area contributed by atoms with Crippen molar-refractivity contribution in [3.8, 4) is 5.75 Å². The lowest BCUT2D eigenvalue weighted by Gasteiger charge is -2.15. The minimum atomic E-state index is 0. The molecule has 0 amide bonds. The molecule has 0 radical (unpaired) electrons. The zero-order valence-electron chi connectivity index (χ0n) is 16.5. The van der Waals surface area contributed by atoms with Crippen molar-refractivity contribution in [3.63, 3.8) is 0 Å². The second-order valence-electron chi connectivity index (χ2n) is 6.62. The van der Waals surface area contributed by atoms with E-state index in [1.165, 1.54) is 24.8 Å². The second kappa shape index (κ2) is 12.4. The van der Waals surface area contributed by atoms with Crippen molar-refractivity contribution in [1.82, 2.24) is 10.6 Å². The number of rotatable bonds is 10. The number of hydrogen-bond donors (Lipinski definition) is 2. The minimum Gasteiger partial charge on any atom is -0.491 e. The summed E-state index contributed by atoms with van der Waals surface area (Å²) in [5.41, 5.74) is 2.32. The second-order valence-corrected chi connectivity index (χ2v) is 6.62. The van der Waals surface area contributed by atoms with Crippen LogP contribution in [0.5, 0.6) is 5.75 Å². The van der Waals surface area contributed by atoms with Gasteiger partial charge in [0.2, 0.25) is 0 Å². The van der Waals surface area contributed by atoms with Crippen LogP contribution in [0.2, 0.25) is 0 Å². The molecule has 1 aromatic rings. The predicted octanol–water partition coefficient (Wildman–Crippen LogP) is 3.88. The highest BCUT2D eigenvalue weighted by Crippen LogP contribution is 2.34. The Morgan fingerprint density at radius 2 is 2.08 bits per heavy atom. The average molecular weight is 475 g/mol. The van der Waals surface area contributed by atoms with E-state index in [1.807, 2.05) is 14.0 Å². The van der Waals surface area contributed by atoms with Gasteiger partial charge in [-0.2, -0.15) is 0 Å². The molecule has 0 aliphatic heterocycles. The molecule has 1 aromatic carbocycles. The van der Waals surface area contributed by atoms with Gasteiger partial charge in [0.25, 0.3) is 0 Å². The lowest BCUT2D eigenvalue weighted by Crippen LogP contribution is -2.38. The summed E-state index contributed by atoms with van der Waals surface area (Å²) in [7, 11) is 1.82. The number of benzene rings is 1. The van der Waals surface area contributed by atoms with Gasteiger partial charge in [-0.15, -0.1) is 24.0 Å². The van der Waals surface area contributed by atoms with Gasteiger partial charge >= 0.3 is 0 Å². The number of halogens is 1. The Kier molecular flexibility index (Phi) is 11.0. The van der Waals surface area contributed by atoms with Crippen LogP contribution >= 0.6 is 24.0 Å². The van der Waals surface area contributed by atoms with E-state index < -0.39 is 0 Å². The van der Waals surface area contributed by atoms with E-state index in [4.69, 9.17) is 9.47 Å². The minimum absolute atomic E-state index is 0.